The third kappa shape index (κ3) is 3.27. The molecule has 2 rings (SSSR count). The average Bonchev–Trinajstić information content (AvgIpc) is 2.86. The number of hydrogen-bond donors (Lipinski definition) is 1. The number of rotatable bonds is 5. The van der Waals surface area contributed by atoms with Crippen LogP contribution in [0.3, 0.4) is 0 Å². The molecule has 1 atom stereocenters. The normalized spacial score (nSPS) is 12.6. The van der Waals surface area contributed by atoms with Gasteiger partial charge in [-0.2, -0.15) is 0 Å². The van der Waals surface area contributed by atoms with E-state index in [2.05, 4.69) is 76.2 Å². The Kier molecular flexibility index (Phi) is 5.08. The zero-order chi connectivity index (χ0) is 13.0. The lowest BCUT2D eigenvalue weighted by Crippen LogP contribution is -2.19. The molecular weight excluding hydrogens is 357 g/mol. The third-order valence-electron chi connectivity index (χ3n) is 2.69. The topological polar surface area (TPSA) is 37.8 Å². The quantitative estimate of drug-likeness (QED) is 0.809. The average molecular weight is 373 g/mol. The monoisotopic (exact) mass is 373 g/mol. The summed E-state index contributed by atoms with van der Waals surface area (Å²) in [6, 6.07) is 8.71. The number of nitrogens with one attached hydrogen (secondary N) is 1. The van der Waals surface area contributed by atoms with Gasteiger partial charge in [0.2, 0.25) is 0 Å². The van der Waals surface area contributed by atoms with Crippen molar-refractivity contribution in [3.05, 3.63) is 32.8 Å². The molecule has 0 bridgehead atoms. The second-order valence-corrected chi connectivity index (χ2v) is 6.23. The van der Waals surface area contributed by atoms with Crippen molar-refractivity contribution in [3.8, 4) is 10.6 Å². The summed E-state index contributed by atoms with van der Waals surface area (Å²) in [6.45, 7) is 5.24. The highest BCUT2D eigenvalue weighted by Gasteiger charge is 2.14. The third-order valence-corrected chi connectivity index (χ3v) is 4.49. The van der Waals surface area contributed by atoms with Crippen molar-refractivity contribution in [1.82, 2.24) is 15.5 Å². The van der Waals surface area contributed by atoms with Gasteiger partial charge in [-0.25, -0.2) is 0 Å². The maximum absolute atomic E-state index is 4.31. The molecule has 0 aliphatic carbocycles. The fraction of sp³-hybridized carbons (Fsp3) is 0.385. The summed E-state index contributed by atoms with van der Waals surface area (Å²) in [5.41, 5.74) is 1.14. The fourth-order valence-corrected chi connectivity index (χ4v) is 3.10. The van der Waals surface area contributed by atoms with Crippen LogP contribution in [0.15, 0.2) is 24.3 Å². The Labute approximate surface area is 125 Å². The van der Waals surface area contributed by atoms with Crippen LogP contribution in [-0.4, -0.2) is 16.7 Å². The lowest BCUT2D eigenvalue weighted by atomic mass is 10.2. The summed E-state index contributed by atoms with van der Waals surface area (Å²) in [5.74, 6) is 0. The Balaban J connectivity index is 2.21. The molecule has 0 aliphatic heterocycles. The van der Waals surface area contributed by atoms with E-state index in [1.165, 1.54) is 3.57 Å². The molecule has 1 N–H and O–H groups in total. The molecule has 0 fully saturated rings. The van der Waals surface area contributed by atoms with Crippen LogP contribution in [0.2, 0.25) is 0 Å². The van der Waals surface area contributed by atoms with Crippen LogP contribution >= 0.6 is 33.9 Å². The minimum Gasteiger partial charge on any atom is -0.308 e. The number of nitrogens with zero attached hydrogens (tertiary/aromatic N) is 2. The van der Waals surface area contributed by atoms with Gasteiger partial charge >= 0.3 is 0 Å². The highest BCUT2D eigenvalue weighted by atomic mass is 127. The first-order valence-corrected chi connectivity index (χ1v) is 7.96. The van der Waals surface area contributed by atoms with E-state index >= 15 is 0 Å². The SMILES string of the molecule is CCNC(CC)c1nnc(-c2ccc(I)cc2)s1. The first-order valence-electron chi connectivity index (χ1n) is 6.07. The van der Waals surface area contributed by atoms with Crippen LogP contribution in [0.25, 0.3) is 10.6 Å². The van der Waals surface area contributed by atoms with Crippen LogP contribution in [0.1, 0.15) is 31.3 Å². The molecule has 2 aromatic rings. The van der Waals surface area contributed by atoms with Crippen molar-refractivity contribution < 1.29 is 0 Å². The number of halogens is 1. The zero-order valence-electron chi connectivity index (χ0n) is 10.5. The number of benzene rings is 1. The summed E-state index contributed by atoms with van der Waals surface area (Å²) in [5, 5.41) is 14.1. The molecule has 96 valence electrons. The minimum atomic E-state index is 0.324. The van der Waals surface area contributed by atoms with Crippen LogP contribution in [0.4, 0.5) is 0 Å². The summed E-state index contributed by atoms with van der Waals surface area (Å²) in [7, 11) is 0. The van der Waals surface area contributed by atoms with Gasteiger partial charge in [0.05, 0.1) is 6.04 Å². The second-order valence-electron chi connectivity index (χ2n) is 3.97. The van der Waals surface area contributed by atoms with Crippen LogP contribution in [0.5, 0.6) is 0 Å². The molecule has 0 spiro atoms. The molecular formula is C13H16IN3S. The highest BCUT2D eigenvalue weighted by molar-refractivity contribution is 14.1. The fourth-order valence-electron chi connectivity index (χ4n) is 1.74. The van der Waals surface area contributed by atoms with E-state index < -0.39 is 0 Å². The Bertz CT molecular complexity index is 495. The molecule has 0 amide bonds. The molecule has 1 aromatic heterocycles. The van der Waals surface area contributed by atoms with Crippen LogP contribution in [0, 0.1) is 3.57 Å². The van der Waals surface area contributed by atoms with Gasteiger partial charge in [0.1, 0.15) is 10.0 Å². The summed E-state index contributed by atoms with van der Waals surface area (Å²) < 4.78 is 1.24. The highest BCUT2D eigenvalue weighted by Crippen LogP contribution is 2.28. The van der Waals surface area contributed by atoms with E-state index in [4.69, 9.17) is 0 Å². The van der Waals surface area contributed by atoms with Crippen molar-refractivity contribution in [2.24, 2.45) is 0 Å². The van der Waals surface area contributed by atoms with Crippen molar-refractivity contribution in [2.45, 2.75) is 26.3 Å². The molecule has 0 radical (unpaired) electrons. The van der Waals surface area contributed by atoms with Crippen molar-refractivity contribution >= 4 is 33.9 Å². The van der Waals surface area contributed by atoms with Crippen molar-refractivity contribution in [1.29, 1.82) is 0 Å². The minimum absolute atomic E-state index is 0.324. The molecule has 1 aromatic carbocycles. The van der Waals surface area contributed by atoms with Gasteiger partial charge in [-0.05, 0) is 47.7 Å². The summed E-state index contributed by atoms with van der Waals surface area (Å²) in [6.07, 6.45) is 1.04. The molecule has 0 saturated carbocycles. The Morgan fingerprint density at radius 2 is 1.94 bits per heavy atom. The summed E-state index contributed by atoms with van der Waals surface area (Å²) in [4.78, 5) is 0. The second kappa shape index (κ2) is 6.58. The summed E-state index contributed by atoms with van der Waals surface area (Å²) >= 11 is 3.98. The first-order chi connectivity index (χ1) is 8.74. The van der Waals surface area contributed by atoms with Gasteiger partial charge in [-0.15, -0.1) is 10.2 Å². The largest absolute Gasteiger partial charge is 0.308 e. The van der Waals surface area contributed by atoms with E-state index in [0.717, 1.165) is 28.5 Å². The maximum atomic E-state index is 4.31. The predicted molar refractivity (Wildman–Crippen MR) is 84.8 cm³/mol. The predicted octanol–water partition coefficient (Wildman–Crippen LogP) is 3.87. The van der Waals surface area contributed by atoms with E-state index in [9.17, 15) is 0 Å². The lowest BCUT2D eigenvalue weighted by Gasteiger charge is -2.10. The zero-order valence-corrected chi connectivity index (χ0v) is 13.5. The van der Waals surface area contributed by atoms with Crippen LogP contribution in [-0.2, 0) is 0 Å². The van der Waals surface area contributed by atoms with Crippen LogP contribution < -0.4 is 5.32 Å². The molecule has 0 saturated heterocycles. The van der Waals surface area contributed by atoms with Crippen molar-refractivity contribution in [2.75, 3.05) is 6.54 Å². The van der Waals surface area contributed by atoms with Gasteiger partial charge in [-0.3, -0.25) is 0 Å². The molecule has 0 aliphatic rings. The first kappa shape index (κ1) is 13.9. The van der Waals surface area contributed by atoms with E-state index in [0.29, 0.717) is 6.04 Å². The number of aromatic nitrogens is 2. The van der Waals surface area contributed by atoms with Gasteiger partial charge in [0, 0.05) is 9.13 Å². The van der Waals surface area contributed by atoms with E-state index in [-0.39, 0.29) is 0 Å². The van der Waals surface area contributed by atoms with Gasteiger partial charge < -0.3 is 5.32 Å². The molecule has 18 heavy (non-hydrogen) atoms. The maximum Gasteiger partial charge on any atom is 0.147 e. The van der Waals surface area contributed by atoms with Gasteiger partial charge in [0.15, 0.2) is 0 Å². The van der Waals surface area contributed by atoms with Gasteiger partial charge in [0.25, 0.3) is 0 Å². The molecule has 5 heteroatoms. The standard InChI is InChI=1S/C13H16IN3S/c1-3-11(15-4-2)13-17-16-12(18-13)9-5-7-10(14)8-6-9/h5-8,11,15H,3-4H2,1-2H3. The lowest BCUT2D eigenvalue weighted by molar-refractivity contribution is 0.531. The molecule has 1 heterocycles. The smallest absolute Gasteiger partial charge is 0.147 e. The molecule has 1 unspecified atom stereocenters. The number of hydrogen-bond acceptors (Lipinski definition) is 4. The Morgan fingerprint density at radius 1 is 1.22 bits per heavy atom. The Hall–Kier alpha value is -0.530. The van der Waals surface area contributed by atoms with E-state index in [1.54, 1.807) is 11.3 Å². The van der Waals surface area contributed by atoms with Gasteiger partial charge in [-0.1, -0.05) is 37.3 Å². The van der Waals surface area contributed by atoms with Crippen molar-refractivity contribution in [3.63, 3.8) is 0 Å². The van der Waals surface area contributed by atoms with E-state index in [1.807, 2.05) is 0 Å². The molecule has 3 nitrogen and oxygen atoms in total. The Morgan fingerprint density at radius 3 is 2.56 bits per heavy atom.